The van der Waals surface area contributed by atoms with E-state index in [-0.39, 0.29) is 15.9 Å². The van der Waals surface area contributed by atoms with Crippen molar-refractivity contribution in [1.82, 2.24) is 5.32 Å². The molecule has 0 fully saturated rings. The van der Waals surface area contributed by atoms with Crippen LogP contribution in [0.4, 0.5) is 11.4 Å². The van der Waals surface area contributed by atoms with Gasteiger partial charge in [0.15, 0.2) is 5.11 Å². The first-order valence-electron chi connectivity index (χ1n) is 12.7. The Labute approximate surface area is 231 Å². The van der Waals surface area contributed by atoms with Gasteiger partial charge in [0.1, 0.15) is 5.75 Å². The van der Waals surface area contributed by atoms with E-state index in [1.165, 1.54) is 31.4 Å². The molecule has 0 aromatic heterocycles. The van der Waals surface area contributed by atoms with Crippen molar-refractivity contribution in [2.24, 2.45) is 0 Å². The van der Waals surface area contributed by atoms with E-state index in [1.54, 1.807) is 36.4 Å². The standard InChI is InChI=1S/C29H35N3O4S2/c1-4-5-6-7-8-20-36-25-16-12-23(13-17-25)28(33)31-29(37)30-24-14-18-26(19-15-24)38(34,35)32-27-21(2)10-9-11-22(27)3/h9-19,32H,4-8,20H2,1-3H3,(H2,30,31,33,37). The molecule has 0 saturated carbocycles. The molecule has 1 amide bonds. The number of carbonyl (C=O) groups is 1. The minimum atomic E-state index is -3.76. The lowest BCUT2D eigenvalue weighted by Gasteiger charge is -2.14. The lowest BCUT2D eigenvalue weighted by atomic mass is 10.1. The molecule has 0 saturated heterocycles. The number of nitrogens with one attached hydrogen (secondary N) is 3. The van der Waals surface area contributed by atoms with Gasteiger partial charge in [0.25, 0.3) is 15.9 Å². The maximum atomic E-state index is 12.9. The number of rotatable bonds is 12. The molecule has 0 aliphatic heterocycles. The molecular weight excluding hydrogens is 518 g/mol. The summed E-state index contributed by atoms with van der Waals surface area (Å²) in [4.78, 5) is 12.7. The Bertz CT molecular complexity index is 1320. The van der Waals surface area contributed by atoms with Crippen LogP contribution in [-0.4, -0.2) is 26.0 Å². The third-order valence-electron chi connectivity index (χ3n) is 6.00. The highest BCUT2D eigenvalue weighted by Crippen LogP contribution is 2.24. The van der Waals surface area contributed by atoms with Crippen LogP contribution in [0, 0.1) is 13.8 Å². The lowest BCUT2D eigenvalue weighted by molar-refractivity contribution is 0.0977. The summed E-state index contributed by atoms with van der Waals surface area (Å²) in [7, 11) is -3.76. The van der Waals surface area contributed by atoms with Crippen LogP contribution in [0.15, 0.2) is 71.6 Å². The van der Waals surface area contributed by atoms with Gasteiger partial charge in [-0.25, -0.2) is 8.42 Å². The number of aryl methyl sites for hydroxylation is 2. The van der Waals surface area contributed by atoms with Crippen LogP contribution in [0.25, 0.3) is 0 Å². The highest BCUT2D eigenvalue weighted by Gasteiger charge is 2.17. The molecule has 0 aliphatic rings. The summed E-state index contributed by atoms with van der Waals surface area (Å²) in [5, 5.41) is 5.65. The first-order chi connectivity index (χ1) is 18.2. The summed E-state index contributed by atoms with van der Waals surface area (Å²) >= 11 is 5.26. The number of sulfonamides is 1. The minimum Gasteiger partial charge on any atom is -0.494 e. The van der Waals surface area contributed by atoms with Gasteiger partial charge in [-0.05, 0) is 92.1 Å². The Balaban J connectivity index is 1.50. The normalized spacial score (nSPS) is 11.0. The molecule has 3 rings (SSSR count). The third kappa shape index (κ3) is 8.56. The number of anilines is 2. The van der Waals surface area contributed by atoms with Gasteiger partial charge in [0.05, 0.1) is 17.2 Å². The van der Waals surface area contributed by atoms with Crippen LogP contribution in [0.1, 0.15) is 60.5 Å². The number of hydrogen-bond acceptors (Lipinski definition) is 5. The summed E-state index contributed by atoms with van der Waals surface area (Å²) in [6.45, 7) is 6.55. The van der Waals surface area contributed by atoms with Crippen LogP contribution >= 0.6 is 12.2 Å². The summed E-state index contributed by atoms with van der Waals surface area (Å²) < 4.78 is 34.1. The molecule has 0 bridgehead atoms. The average molecular weight is 554 g/mol. The molecule has 202 valence electrons. The lowest BCUT2D eigenvalue weighted by Crippen LogP contribution is -2.34. The molecule has 9 heteroatoms. The Morgan fingerprint density at radius 1 is 0.868 bits per heavy atom. The number of hydrogen-bond donors (Lipinski definition) is 3. The molecule has 0 radical (unpaired) electrons. The predicted molar refractivity (Wildman–Crippen MR) is 158 cm³/mol. The maximum absolute atomic E-state index is 12.9. The second-order valence-corrected chi connectivity index (χ2v) is 11.2. The monoisotopic (exact) mass is 553 g/mol. The summed E-state index contributed by atoms with van der Waals surface area (Å²) in [6, 6.07) is 18.6. The van der Waals surface area contributed by atoms with Crippen molar-refractivity contribution < 1.29 is 17.9 Å². The molecule has 0 unspecified atom stereocenters. The topological polar surface area (TPSA) is 96.5 Å². The Hall–Kier alpha value is -3.43. The van der Waals surface area contributed by atoms with Crippen molar-refractivity contribution in [2.75, 3.05) is 16.6 Å². The van der Waals surface area contributed by atoms with E-state index in [9.17, 15) is 13.2 Å². The molecule has 0 atom stereocenters. The van der Waals surface area contributed by atoms with E-state index in [4.69, 9.17) is 17.0 Å². The second-order valence-electron chi connectivity index (χ2n) is 9.09. The maximum Gasteiger partial charge on any atom is 0.261 e. The number of ether oxygens (including phenoxy) is 1. The smallest absolute Gasteiger partial charge is 0.261 e. The number of para-hydroxylation sites is 1. The zero-order valence-corrected chi connectivity index (χ0v) is 23.7. The number of amides is 1. The van der Waals surface area contributed by atoms with E-state index in [1.807, 2.05) is 32.0 Å². The van der Waals surface area contributed by atoms with Crippen molar-refractivity contribution in [2.45, 2.75) is 57.8 Å². The second kappa shape index (κ2) is 13.9. The molecule has 3 aromatic rings. The van der Waals surface area contributed by atoms with Crippen molar-refractivity contribution in [1.29, 1.82) is 0 Å². The van der Waals surface area contributed by atoms with E-state index in [0.717, 1.165) is 29.7 Å². The van der Waals surface area contributed by atoms with Gasteiger partial charge in [-0.15, -0.1) is 0 Å². The Morgan fingerprint density at radius 2 is 1.50 bits per heavy atom. The van der Waals surface area contributed by atoms with Gasteiger partial charge in [-0.3, -0.25) is 14.8 Å². The van der Waals surface area contributed by atoms with Crippen molar-refractivity contribution in [3.05, 3.63) is 83.4 Å². The van der Waals surface area contributed by atoms with Gasteiger partial charge in [0, 0.05) is 11.3 Å². The number of unbranched alkanes of at least 4 members (excludes halogenated alkanes) is 4. The Kier molecular flexibility index (Phi) is 10.7. The van der Waals surface area contributed by atoms with Crippen LogP contribution in [0.5, 0.6) is 5.75 Å². The molecule has 3 aromatic carbocycles. The largest absolute Gasteiger partial charge is 0.494 e. The molecular formula is C29H35N3O4S2. The molecule has 3 N–H and O–H groups in total. The van der Waals surface area contributed by atoms with Crippen LogP contribution in [-0.2, 0) is 10.0 Å². The van der Waals surface area contributed by atoms with E-state index >= 15 is 0 Å². The van der Waals surface area contributed by atoms with E-state index in [0.29, 0.717) is 23.5 Å². The number of benzene rings is 3. The van der Waals surface area contributed by atoms with Gasteiger partial charge in [-0.2, -0.15) is 0 Å². The molecule has 38 heavy (non-hydrogen) atoms. The quantitative estimate of drug-likeness (QED) is 0.173. The zero-order chi connectivity index (χ0) is 27.5. The zero-order valence-electron chi connectivity index (χ0n) is 22.0. The first kappa shape index (κ1) is 29.1. The first-order valence-corrected chi connectivity index (χ1v) is 14.6. The molecule has 0 aliphatic carbocycles. The highest BCUT2D eigenvalue weighted by atomic mass is 32.2. The van der Waals surface area contributed by atoms with Gasteiger partial charge >= 0.3 is 0 Å². The van der Waals surface area contributed by atoms with Gasteiger partial charge in [-0.1, -0.05) is 50.8 Å². The fraction of sp³-hybridized carbons (Fsp3) is 0.310. The van der Waals surface area contributed by atoms with Crippen molar-refractivity contribution in [3.63, 3.8) is 0 Å². The van der Waals surface area contributed by atoms with Crippen LogP contribution in [0.2, 0.25) is 0 Å². The van der Waals surface area contributed by atoms with Crippen molar-refractivity contribution in [3.8, 4) is 5.75 Å². The molecule has 7 nitrogen and oxygen atoms in total. The fourth-order valence-corrected chi connectivity index (χ4v) is 5.24. The van der Waals surface area contributed by atoms with Crippen LogP contribution in [0.3, 0.4) is 0 Å². The SMILES string of the molecule is CCCCCCCOc1ccc(C(=O)NC(=S)Nc2ccc(S(=O)(=O)Nc3c(C)cccc3C)cc2)cc1. The molecule has 0 heterocycles. The predicted octanol–water partition coefficient (Wildman–Crippen LogP) is 6.58. The highest BCUT2D eigenvalue weighted by molar-refractivity contribution is 7.92. The fourth-order valence-electron chi connectivity index (χ4n) is 3.82. The van der Waals surface area contributed by atoms with Crippen molar-refractivity contribution >= 4 is 44.6 Å². The molecule has 0 spiro atoms. The summed E-state index contributed by atoms with van der Waals surface area (Å²) in [5.74, 6) is 0.366. The summed E-state index contributed by atoms with van der Waals surface area (Å²) in [6.07, 6.45) is 5.85. The third-order valence-corrected chi connectivity index (χ3v) is 7.57. The van der Waals surface area contributed by atoms with Gasteiger partial charge < -0.3 is 10.1 Å². The van der Waals surface area contributed by atoms with Crippen LogP contribution < -0.4 is 20.1 Å². The van der Waals surface area contributed by atoms with E-state index in [2.05, 4.69) is 22.3 Å². The number of thiocarbonyl (C=S) groups is 1. The minimum absolute atomic E-state index is 0.103. The van der Waals surface area contributed by atoms with Gasteiger partial charge in [0.2, 0.25) is 0 Å². The summed E-state index contributed by atoms with van der Waals surface area (Å²) in [5.41, 5.74) is 3.24. The number of carbonyl (C=O) groups excluding carboxylic acids is 1. The average Bonchev–Trinajstić information content (AvgIpc) is 2.89. The van der Waals surface area contributed by atoms with E-state index < -0.39 is 10.0 Å². The Morgan fingerprint density at radius 3 is 2.13 bits per heavy atom.